The Morgan fingerprint density at radius 3 is 2.52 bits per heavy atom. The maximum Gasteiger partial charge on any atom is 0.322 e. The summed E-state index contributed by atoms with van der Waals surface area (Å²) in [6, 6.07) is 4.12. The number of nitrogens with zero attached hydrogens (tertiary/aromatic N) is 2. The fourth-order valence-electron chi connectivity index (χ4n) is 4.53. The summed E-state index contributed by atoms with van der Waals surface area (Å²) in [7, 11) is 0. The van der Waals surface area contributed by atoms with Crippen LogP contribution in [0.1, 0.15) is 19.3 Å². The Morgan fingerprint density at radius 2 is 1.79 bits per heavy atom. The first-order valence-electron chi connectivity index (χ1n) is 11.2. The van der Waals surface area contributed by atoms with E-state index in [4.69, 9.17) is 37.4 Å². The van der Waals surface area contributed by atoms with Crippen molar-refractivity contribution < 1.29 is 28.9 Å². The summed E-state index contributed by atoms with van der Waals surface area (Å²) in [4.78, 5) is 29.2. The first kappa shape index (κ1) is 24.5. The number of halogens is 2. The number of carbonyl (C=O) groups is 2. The molecule has 3 saturated heterocycles. The highest BCUT2D eigenvalue weighted by Crippen LogP contribution is 2.29. The molecule has 2 N–H and O–H groups in total. The van der Waals surface area contributed by atoms with Gasteiger partial charge in [0.2, 0.25) is 5.91 Å². The SMILES string of the molecule is O=C(C[C@@H]1CC[C@@H]2[C@H](COC[C@H](O)CN2C(=O)Nc2cc(Cl)cc(Cl)c2)O1)N1CCOCC1. The maximum absolute atomic E-state index is 13.2. The molecule has 0 aromatic heterocycles. The van der Waals surface area contributed by atoms with Gasteiger partial charge in [0, 0.05) is 28.8 Å². The van der Waals surface area contributed by atoms with Gasteiger partial charge in [-0.3, -0.25) is 4.79 Å². The molecule has 0 radical (unpaired) electrons. The fraction of sp³-hybridized carbons (Fsp3) is 0.636. The fourth-order valence-corrected chi connectivity index (χ4v) is 5.06. The summed E-state index contributed by atoms with van der Waals surface area (Å²) in [6.07, 6.45) is 0.0823. The van der Waals surface area contributed by atoms with Gasteiger partial charge < -0.3 is 34.4 Å². The van der Waals surface area contributed by atoms with Crippen molar-refractivity contribution in [1.29, 1.82) is 0 Å². The number of aliphatic hydroxyl groups excluding tert-OH is 1. The monoisotopic (exact) mass is 501 g/mol. The molecule has 1 aromatic carbocycles. The molecule has 182 valence electrons. The zero-order valence-electron chi connectivity index (χ0n) is 18.3. The molecule has 4 rings (SSSR count). The molecule has 0 spiro atoms. The van der Waals surface area contributed by atoms with Gasteiger partial charge in [-0.25, -0.2) is 4.79 Å². The van der Waals surface area contributed by atoms with Gasteiger partial charge >= 0.3 is 6.03 Å². The largest absolute Gasteiger partial charge is 0.389 e. The zero-order chi connectivity index (χ0) is 23.4. The molecule has 3 heterocycles. The number of carbonyl (C=O) groups excluding carboxylic acids is 2. The van der Waals surface area contributed by atoms with Gasteiger partial charge in [-0.2, -0.15) is 0 Å². The van der Waals surface area contributed by atoms with E-state index in [-0.39, 0.29) is 43.8 Å². The Bertz CT molecular complexity index is 833. The molecule has 0 unspecified atom stereocenters. The molecule has 3 aliphatic heterocycles. The van der Waals surface area contributed by atoms with Crippen LogP contribution in [0.5, 0.6) is 0 Å². The minimum Gasteiger partial charge on any atom is -0.389 e. The van der Waals surface area contributed by atoms with Gasteiger partial charge in [0.25, 0.3) is 0 Å². The van der Waals surface area contributed by atoms with Crippen molar-refractivity contribution in [2.24, 2.45) is 0 Å². The van der Waals surface area contributed by atoms with Gasteiger partial charge in [-0.05, 0) is 31.0 Å². The van der Waals surface area contributed by atoms with Gasteiger partial charge in [-0.15, -0.1) is 0 Å². The molecule has 11 heteroatoms. The molecule has 9 nitrogen and oxygen atoms in total. The normalized spacial score (nSPS) is 28.5. The van der Waals surface area contributed by atoms with E-state index in [0.29, 0.717) is 61.3 Å². The molecule has 1 aromatic rings. The molecular weight excluding hydrogens is 473 g/mol. The molecule has 0 aliphatic carbocycles. The highest BCUT2D eigenvalue weighted by atomic mass is 35.5. The Hall–Kier alpha value is -1.62. The Balaban J connectivity index is 1.42. The Morgan fingerprint density at radius 1 is 1.06 bits per heavy atom. The van der Waals surface area contributed by atoms with E-state index in [0.717, 1.165) is 0 Å². The maximum atomic E-state index is 13.2. The van der Waals surface area contributed by atoms with Gasteiger partial charge in [-0.1, -0.05) is 23.2 Å². The quantitative estimate of drug-likeness (QED) is 0.659. The van der Waals surface area contributed by atoms with Crippen molar-refractivity contribution in [3.8, 4) is 0 Å². The van der Waals surface area contributed by atoms with Crippen LogP contribution in [0.3, 0.4) is 0 Å². The average molecular weight is 502 g/mol. The number of aliphatic hydroxyl groups is 1. The van der Waals surface area contributed by atoms with Crippen molar-refractivity contribution in [3.63, 3.8) is 0 Å². The number of anilines is 1. The van der Waals surface area contributed by atoms with E-state index in [1.165, 1.54) is 0 Å². The van der Waals surface area contributed by atoms with Crippen LogP contribution >= 0.6 is 23.2 Å². The van der Waals surface area contributed by atoms with Crippen LogP contribution in [0.2, 0.25) is 10.0 Å². The number of ether oxygens (including phenoxy) is 3. The number of benzene rings is 1. The van der Waals surface area contributed by atoms with Crippen LogP contribution in [-0.4, -0.2) is 97.3 Å². The number of rotatable bonds is 3. The van der Waals surface area contributed by atoms with Gasteiger partial charge in [0.05, 0.1) is 57.6 Å². The molecule has 4 atom stereocenters. The summed E-state index contributed by atoms with van der Waals surface area (Å²) in [5.41, 5.74) is 0.465. The third kappa shape index (κ3) is 6.49. The minimum atomic E-state index is -0.819. The van der Waals surface area contributed by atoms with Crippen molar-refractivity contribution in [3.05, 3.63) is 28.2 Å². The Kier molecular flexibility index (Phi) is 8.32. The third-order valence-electron chi connectivity index (χ3n) is 6.12. The van der Waals surface area contributed by atoms with Crippen molar-refractivity contribution >= 4 is 40.8 Å². The van der Waals surface area contributed by atoms with Crippen molar-refractivity contribution in [1.82, 2.24) is 9.80 Å². The first-order chi connectivity index (χ1) is 15.9. The molecule has 33 heavy (non-hydrogen) atoms. The lowest BCUT2D eigenvalue weighted by molar-refractivity contribution is -0.156. The lowest BCUT2D eigenvalue weighted by atomic mass is 9.94. The number of urea groups is 1. The summed E-state index contributed by atoms with van der Waals surface area (Å²) in [6.45, 7) is 2.73. The number of β-amino-alcohol motifs (C(OH)–C–C–N with tert-alkyl or cyclic N) is 1. The first-order valence-corrected chi connectivity index (χ1v) is 11.9. The van der Waals surface area contributed by atoms with E-state index in [9.17, 15) is 14.7 Å². The number of nitrogens with one attached hydrogen (secondary N) is 1. The number of hydrogen-bond donors (Lipinski definition) is 2. The number of fused-ring (bicyclic) bond motifs is 1. The lowest BCUT2D eigenvalue weighted by Crippen LogP contribution is -2.58. The van der Waals surface area contributed by atoms with Crippen LogP contribution in [0.15, 0.2) is 18.2 Å². The smallest absolute Gasteiger partial charge is 0.322 e. The lowest BCUT2D eigenvalue weighted by Gasteiger charge is -2.44. The van der Waals surface area contributed by atoms with Crippen LogP contribution in [0, 0.1) is 0 Å². The zero-order valence-corrected chi connectivity index (χ0v) is 19.8. The van der Waals surface area contributed by atoms with Crippen LogP contribution < -0.4 is 5.32 Å². The second kappa shape index (κ2) is 11.2. The molecule has 3 fully saturated rings. The molecule has 3 aliphatic rings. The number of morpholine rings is 1. The summed E-state index contributed by atoms with van der Waals surface area (Å²) in [5, 5.41) is 13.9. The van der Waals surface area contributed by atoms with Gasteiger partial charge in [0.1, 0.15) is 6.10 Å². The second-order valence-corrected chi connectivity index (χ2v) is 9.44. The van der Waals surface area contributed by atoms with Crippen molar-refractivity contribution in [2.45, 2.75) is 43.6 Å². The number of amides is 3. The molecule has 0 saturated carbocycles. The van der Waals surface area contributed by atoms with Crippen LogP contribution in [-0.2, 0) is 19.0 Å². The predicted molar refractivity (Wildman–Crippen MR) is 123 cm³/mol. The minimum absolute atomic E-state index is 0.0522. The van der Waals surface area contributed by atoms with E-state index >= 15 is 0 Å². The highest BCUT2D eigenvalue weighted by molar-refractivity contribution is 6.35. The van der Waals surface area contributed by atoms with E-state index in [2.05, 4.69) is 5.32 Å². The summed E-state index contributed by atoms with van der Waals surface area (Å²) in [5.74, 6) is 0.0522. The number of hydrogen-bond acceptors (Lipinski definition) is 6. The third-order valence-corrected chi connectivity index (χ3v) is 6.56. The molecule has 0 bridgehead atoms. The molecule has 3 amide bonds. The summed E-state index contributed by atoms with van der Waals surface area (Å²) >= 11 is 12.1. The second-order valence-electron chi connectivity index (χ2n) is 8.57. The topological polar surface area (TPSA) is 101 Å². The van der Waals surface area contributed by atoms with Crippen LogP contribution in [0.4, 0.5) is 10.5 Å². The van der Waals surface area contributed by atoms with E-state index in [1.54, 1.807) is 28.0 Å². The Labute approximate surface area is 202 Å². The van der Waals surface area contributed by atoms with Crippen LogP contribution in [0.25, 0.3) is 0 Å². The summed E-state index contributed by atoms with van der Waals surface area (Å²) < 4.78 is 17.2. The standard InChI is InChI=1S/C22H29Cl2N3O6/c23-14-7-15(24)9-16(8-14)25-22(30)27-11-17(28)12-32-13-20-19(27)2-1-18(33-20)10-21(29)26-3-5-31-6-4-26/h7-9,17-20,28H,1-6,10-13H2,(H,25,30)/t17-,18+,19-,20+/m1/s1. The predicted octanol–water partition coefficient (Wildman–Crippen LogP) is 2.38. The van der Waals surface area contributed by atoms with E-state index in [1.807, 2.05) is 0 Å². The van der Waals surface area contributed by atoms with E-state index < -0.39 is 12.2 Å². The molecular formula is C22H29Cl2N3O6. The van der Waals surface area contributed by atoms with Crippen molar-refractivity contribution in [2.75, 3.05) is 51.4 Å². The van der Waals surface area contributed by atoms with Gasteiger partial charge in [0.15, 0.2) is 0 Å². The highest BCUT2D eigenvalue weighted by Gasteiger charge is 2.40. The average Bonchev–Trinajstić information content (AvgIpc) is 2.76.